The van der Waals surface area contributed by atoms with Gasteiger partial charge < -0.3 is 5.73 Å². The lowest BCUT2D eigenvalue weighted by atomic mass is 9.92. The van der Waals surface area contributed by atoms with Gasteiger partial charge in [0.05, 0.1) is 16.4 Å². The topological polar surface area (TPSA) is 59.2 Å². The molecule has 0 atom stereocenters. The van der Waals surface area contributed by atoms with E-state index in [0.717, 1.165) is 0 Å². The van der Waals surface area contributed by atoms with Gasteiger partial charge in [0, 0.05) is 0 Å². The number of nitrogens with zero attached hydrogens (tertiary/aromatic N) is 3. The zero-order valence-corrected chi connectivity index (χ0v) is 11.0. The first-order chi connectivity index (χ1) is 7.98. The van der Waals surface area contributed by atoms with Gasteiger partial charge in [-0.25, -0.2) is 0 Å². The summed E-state index contributed by atoms with van der Waals surface area (Å²) in [7, 11) is 0. The first-order valence-electron chi connectivity index (χ1n) is 6.42. The van der Waals surface area contributed by atoms with Gasteiger partial charge in [0.15, 0.2) is 0 Å². The molecule has 1 fully saturated rings. The van der Waals surface area contributed by atoms with Gasteiger partial charge in [-0.3, -0.25) is 4.52 Å². The molecule has 0 aromatic carbocycles. The van der Waals surface area contributed by atoms with Crippen LogP contribution in [-0.2, 0) is 0 Å². The van der Waals surface area contributed by atoms with E-state index in [9.17, 15) is 0 Å². The lowest BCUT2D eigenvalue weighted by Gasteiger charge is -2.36. The normalized spacial score (nSPS) is 18.3. The van der Waals surface area contributed by atoms with E-state index in [-0.39, 0.29) is 5.54 Å². The van der Waals surface area contributed by atoms with Crippen LogP contribution in [0.15, 0.2) is 10.7 Å². The molecular formula is C12H23N4O+. The molecule has 96 valence electrons. The number of anilines is 1. The Balaban J connectivity index is 2.24. The maximum absolute atomic E-state index is 5.61. The zero-order chi connectivity index (χ0) is 12.5. The number of hydrogen-bond acceptors (Lipinski definition) is 4. The summed E-state index contributed by atoms with van der Waals surface area (Å²) in [6, 6.07) is 0.526. The highest BCUT2D eigenvalue weighted by Gasteiger charge is 2.38. The van der Waals surface area contributed by atoms with E-state index < -0.39 is 0 Å². The highest BCUT2D eigenvalue weighted by Crippen LogP contribution is 2.24. The van der Waals surface area contributed by atoms with Crippen LogP contribution >= 0.6 is 0 Å². The monoisotopic (exact) mass is 239 g/mol. The molecule has 1 heterocycles. The third-order valence-corrected chi connectivity index (χ3v) is 3.30. The molecule has 0 amide bonds. The van der Waals surface area contributed by atoms with Gasteiger partial charge in [0.1, 0.15) is 0 Å². The van der Waals surface area contributed by atoms with Crippen LogP contribution < -0.4 is 15.5 Å². The third kappa shape index (κ3) is 2.70. The molecule has 1 aromatic heterocycles. The average molecular weight is 239 g/mol. The minimum atomic E-state index is 0.00991. The molecule has 0 unspecified atom stereocenters. The fraction of sp³-hybridized carbons (Fsp3) is 0.833. The Morgan fingerprint density at radius 2 is 2.00 bits per heavy atom. The van der Waals surface area contributed by atoms with E-state index in [1.807, 2.05) is 0 Å². The molecule has 0 aliphatic heterocycles. The summed E-state index contributed by atoms with van der Waals surface area (Å²) < 4.78 is 4.98. The van der Waals surface area contributed by atoms with Gasteiger partial charge in [-0.15, -0.1) is 5.01 Å². The fourth-order valence-electron chi connectivity index (χ4n) is 2.70. The second kappa shape index (κ2) is 4.55. The Bertz CT molecular complexity index is 363. The Kier molecular flexibility index (Phi) is 3.26. The second-order valence-corrected chi connectivity index (χ2v) is 5.83. The van der Waals surface area contributed by atoms with Crippen molar-refractivity contribution < 1.29 is 9.31 Å². The number of nitrogen functional groups attached to an aromatic ring is 1. The van der Waals surface area contributed by atoms with E-state index in [2.05, 4.69) is 31.1 Å². The molecule has 1 aliphatic rings. The highest BCUT2D eigenvalue weighted by molar-refractivity contribution is 5.12. The van der Waals surface area contributed by atoms with Crippen LogP contribution in [0.5, 0.6) is 0 Å². The second-order valence-electron chi connectivity index (χ2n) is 5.83. The summed E-state index contributed by atoms with van der Waals surface area (Å²) in [5, 5.41) is 6.28. The van der Waals surface area contributed by atoms with Crippen molar-refractivity contribution in [1.82, 2.24) is 5.27 Å². The summed E-state index contributed by atoms with van der Waals surface area (Å²) >= 11 is 0. The molecule has 0 radical (unpaired) electrons. The molecule has 2 N–H and O–H groups in total. The van der Waals surface area contributed by atoms with E-state index >= 15 is 0 Å². The molecule has 0 bridgehead atoms. The quantitative estimate of drug-likeness (QED) is 0.797. The van der Waals surface area contributed by atoms with Crippen LogP contribution in [0, 0.1) is 0 Å². The first kappa shape index (κ1) is 12.2. The summed E-state index contributed by atoms with van der Waals surface area (Å²) in [5.74, 6) is 0.357. The summed E-state index contributed by atoms with van der Waals surface area (Å²) in [5.41, 5.74) is 5.62. The lowest BCUT2D eigenvalue weighted by Crippen LogP contribution is -2.70. The van der Waals surface area contributed by atoms with Crippen molar-refractivity contribution in [3.05, 3.63) is 6.20 Å². The van der Waals surface area contributed by atoms with Gasteiger partial charge in [0.25, 0.3) is 12.1 Å². The van der Waals surface area contributed by atoms with Crippen molar-refractivity contribution >= 4 is 5.88 Å². The summed E-state index contributed by atoms with van der Waals surface area (Å²) in [6.07, 6.45) is 8.13. The lowest BCUT2D eigenvalue weighted by molar-refractivity contribution is -0.769. The molecular weight excluding hydrogens is 216 g/mol. The number of hydrogen-bond donors (Lipinski definition) is 1. The molecule has 1 saturated carbocycles. The van der Waals surface area contributed by atoms with E-state index in [1.54, 1.807) is 11.0 Å². The van der Waals surface area contributed by atoms with E-state index in [0.29, 0.717) is 11.9 Å². The highest BCUT2D eigenvalue weighted by atomic mass is 16.5. The van der Waals surface area contributed by atoms with Crippen molar-refractivity contribution in [2.45, 2.75) is 64.5 Å². The summed E-state index contributed by atoms with van der Waals surface area (Å²) in [6.45, 7) is 6.58. The van der Waals surface area contributed by atoms with E-state index in [4.69, 9.17) is 10.3 Å². The zero-order valence-electron chi connectivity index (χ0n) is 11.0. The molecule has 17 heavy (non-hydrogen) atoms. The minimum Gasteiger partial charge on any atom is -0.362 e. The molecule has 5 heteroatoms. The molecule has 5 nitrogen and oxygen atoms in total. The Morgan fingerprint density at radius 3 is 2.47 bits per heavy atom. The molecule has 2 rings (SSSR count). The van der Waals surface area contributed by atoms with Crippen molar-refractivity contribution in [3.8, 4) is 0 Å². The number of nitrogens with two attached hydrogens (primary N) is 1. The van der Waals surface area contributed by atoms with Gasteiger partial charge in [0.2, 0.25) is 5.27 Å². The third-order valence-electron chi connectivity index (χ3n) is 3.30. The van der Waals surface area contributed by atoms with Crippen molar-refractivity contribution in [1.29, 1.82) is 0 Å². The SMILES string of the molecule is CC(C)(C)N(C1CCCCC1)[n+]1cc(N)on1. The fourth-order valence-corrected chi connectivity index (χ4v) is 2.70. The average Bonchev–Trinajstić information content (AvgIpc) is 2.64. The smallest absolute Gasteiger partial charge is 0.296 e. The Morgan fingerprint density at radius 1 is 1.35 bits per heavy atom. The predicted octanol–water partition coefficient (Wildman–Crippen LogP) is 1.61. The number of aromatic nitrogens is 2. The maximum atomic E-state index is 5.61. The molecule has 1 aliphatic carbocycles. The largest absolute Gasteiger partial charge is 0.362 e. The minimum absolute atomic E-state index is 0.00991. The van der Waals surface area contributed by atoms with Crippen molar-refractivity contribution in [2.75, 3.05) is 10.7 Å². The van der Waals surface area contributed by atoms with Crippen LogP contribution in [0.4, 0.5) is 5.88 Å². The van der Waals surface area contributed by atoms with Gasteiger partial charge in [-0.1, -0.05) is 19.3 Å². The first-order valence-corrected chi connectivity index (χ1v) is 6.42. The molecule has 0 saturated heterocycles. The van der Waals surface area contributed by atoms with Crippen LogP contribution in [0.2, 0.25) is 0 Å². The van der Waals surface area contributed by atoms with Crippen LogP contribution in [0.1, 0.15) is 52.9 Å². The van der Waals surface area contributed by atoms with Crippen LogP contribution in [0.3, 0.4) is 0 Å². The van der Waals surface area contributed by atoms with Crippen LogP contribution in [-0.4, -0.2) is 16.9 Å². The van der Waals surface area contributed by atoms with Gasteiger partial charge in [-0.2, -0.15) is 0 Å². The molecule has 0 spiro atoms. The maximum Gasteiger partial charge on any atom is 0.296 e. The van der Waals surface area contributed by atoms with Gasteiger partial charge in [-0.05, 0) is 33.6 Å². The van der Waals surface area contributed by atoms with Crippen LogP contribution in [0.25, 0.3) is 0 Å². The van der Waals surface area contributed by atoms with Crippen molar-refractivity contribution in [3.63, 3.8) is 0 Å². The number of rotatable bonds is 2. The molecule has 1 aromatic rings. The van der Waals surface area contributed by atoms with E-state index in [1.165, 1.54) is 32.1 Å². The van der Waals surface area contributed by atoms with Crippen molar-refractivity contribution in [2.24, 2.45) is 0 Å². The Labute approximate surface area is 103 Å². The summed E-state index contributed by atoms with van der Waals surface area (Å²) in [4.78, 5) is 1.77. The standard InChI is InChI=1S/C12H23N4O/c1-12(2,3)16(10-7-5-4-6-8-10)15-9-11(13)17-14-15/h9-10H,4-8,13H2,1-3H3/q+1. The van der Waals surface area contributed by atoms with Gasteiger partial charge >= 0.3 is 0 Å². The Hall–Kier alpha value is -1.26. The predicted molar refractivity (Wildman–Crippen MR) is 66.0 cm³/mol.